The van der Waals surface area contributed by atoms with Gasteiger partial charge in [-0.1, -0.05) is 23.4 Å². The fourth-order valence-corrected chi connectivity index (χ4v) is 1.20. The predicted octanol–water partition coefficient (Wildman–Crippen LogP) is 1.78. The number of nitrogens with one attached hydrogen (secondary N) is 1. The first-order valence-electron chi connectivity index (χ1n) is 4.10. The summed E-state index contributed by atoms with van der Waals surface area (Å²) in [4.78, 5) is 0. The SMILES string of the molecule is CNCC#Cc1cc(Cl)cc(C#N)c1. The number of rotatable bonds is 1. The van der Waals surface area contributed by atoms with Crippen molar-refractivity contribution in [3.05, 3.63) is 34.3 Å². The molecule has 0 unspecified atom stereocenters. The number of halogens is 1. The van der Waals surface area contributed by atoms with Crippen molar-refractivity contribution in [1.82, 2.24) is 5.32 Å². The Morgan fingerprint density at radius 1 is 1.36 bits per heavy atom. The molecule has 0 bridgehead atoms. The molecule has 0 aliphatic rings. The fourth-order valence-electron chi connectivity index (χ4n) is 0.961. The van der Waals surface area contributed by atoms with Crippen molar-refractivity contribution in [2.24, 2.45) is 0 Å². The van der Waals surface area contributed by atoms with Gasteiger partial charge in [0.25, 0.3) is 0 Å². The second-order valence-corrected chi connectivity index (χ2v) is 3.11. The molecule has 0 saturated heterocycles. The molecule has 3 heteroatoms. The lowest BCUT2D eigenvalue weighted by atomic mass is 10.1. The molecule has 1 N–H and O–H groups in total. The lowest BCUT2D eigenvalue weighted by molar-refractivity contribution is 0.938. The third-order valence-electron chi connectivity index (χ3n) is 1.52. The Balaban J connectivity index is 2.95. The van der Waals surface area contributed by atoms with Gasteiger partial charge in [-0.2, -0.15) is 5.26 Å². The van der Waals surface area contributed by atoms with E-state index in [1.807, 2.05) is 13.1 Å². The first kappa shape index (κ1) is 10.6. The lowest BCUT2D eigenvalue weighted by Gasteiger charge is -1.94. The second kappa shape index (κ2) is 5.29. The van der Waals surface area contributed by atoms with Gasteiger partial charge in [-0.15, -0.1) is 0 Å². The molecular formula is C11H9ClN2. The van der Waals surface area contributed by atoms with Crippen LogP contribution < -0.4 is 5.32 Å². The van der Waals surface area contributed by atoms with Crippen LogP contribution in [-0.4, -0.2) is 13.6 Å². The molecule has 0 aliphatic carbocycles. The van der Waals surface area contributed by atoms with Gasteiger partial charge in [0.15, 0.2) is 0 Å². The van der Waals surface area contributed by atoms with Crippen LogP contribution in [0, 0.1) is 23.2 Å². The van der Waals surface area contributed by atoms with E-state index in [2.05, 4.69) is 17.2 Å². The quantitative estimate of drug-likeness (QED) is 0.708. The maximum absolute atomic E-state index is 8.69. The Hall–Kier alpha value is -1.48. The predicted molar refractivity (Wildman–Crippen MR) is 57.0 cm³/mol. The molecule has 1 aromatic rings. The molecule has 0 aromatic heterocycles. The maximum atomic E-state index is 8.69. The van der Waals surface area contributed by atoms with Gasteiger partial charge in [0, 0.05) is 10.6 Å². The van der Waals surface area contributed by atoms with E-state index in [-0.39, 0.29) is 0 Å². The van der Waals surface area contributed by atoms with Crippen molar-refractivity contribution < 1.29 is 0 Å². The number of hydrogen-bond donors (Lipinski definition) is 1. The van der Waals surface area contributed by atoms with Crippen LogP contribution in [0.3, 0.4) is 0 Å². The highest BCUT2D eigenvalue weighted by molar-refractivity contribution is 6.30. The summed E-state index contributed by atoms with van der Waals surface area (Å²) < 4.78 is 0. The molecule has 0 spiro atoms. The van der Waals surface area contributed by atoms with E-state index in [0.29, 0.717) is 17.1 Å². The monoisotopic (exact) mass is 204 g/mol. The highest BCUT2D eigenvalue weighted by atomic mass is 35.5. The third-order valence-corrected chi connectivity index (χ3v) is 1.74. The average Bonchev–Trinajstić information content (AvgIpc) is 2.17. The van der Waals surface area contributed by atoms with Crippen molar-refractivity contribution in [2.75, 3.05) is 13.6 Å². The van der Waals surface area contributed by atoms with E-state index in [4.69, 9.17) is 16.9 Å². The van der Waals surface area contributed by atoms with Crippen LogP contribution in [0.2, 0.25) is 5.02 Å². The Morgan fingerprint density at radius 3 is 2.71 bits per heavy atom. The summed E-state index contributed by atoms with van der Waals surface area (Å²) in [5.74, 6) is 5.81. The van der Waals surface area contributed by atoms with Crippen molar-refractivity contribution >= 4 is 11.6 Å². The van der Waals surface area contributed by atoms with Crippen LogP contribution in [0.15, 0.2) is 18.2 Å². The normalized spacial score (nSPS) is 8.64. The summed E-state index contributed by atoms with van der Waals surface area (Å²) in [6, 6.07) is 7.10. The van der Waals surface area contributed by atoms with E-state index >= 15 is 0 Å². The molecule has 0 amide bonds. The van der Waals surface area contributed by atoms with Gasteiger partial charge in [0.2, 0.25) is 0 Å². The Bertz CT molecular complexity index is 421. The van der Waals surface area contributed by atoms with E-state index < -0.39 is 0 Å². The van der Waals surface area contributed by atoms with Gasteiger partial charge in [0.1, 0.15) is 0 Å². The zero-order valence-corrected chi connectivity index (χ0v) is 8.52. The molecule has 0 fully saturated rings. The van der Waals surface area contributed by atoms with E-state index in [0.717, 1.165) is 5.56 Å². The number of nitrogens with zero attached hydrogens (tertiary/aromatic N) is 1. The van der Waals surface area contributed by atoms with Gasteiger partial charge in [-0.25, -0.2) is 0 Å². The average molecular weight is 205 g/mol. The highest BCUT2D eigenvalue weighted by Crippen LogP contribution is 2.13. The molecule has 2 nitrogen and oxygen atoms in total. The van der Waals surface area contributed by atoms with Crippen LogP contribution in [0.5, 0.6) is 0 Å². The number of hydrogen-bond acceptors (Lipinski definition) is 2. The minimum absolute atomic E-state index is 0.534. The van der Waals surface area contributed by atoms with Crippen molar-refractivity contribution in [3.8, 4) is 17.9 Å². The van der Waals surface area contributed by atoms with E-state index in [9.17, 15) is 0 Å². The van der Waals surface area contributed by atoms with Crippen LogP contribution in [0.1, 0.15) is 11.1 Å². The number of benzene rings is 1. The second-order valence-electron chi connectivity index (χ2n) is 2.67. The molecule has 0 radical (unpaired) electrons. The Kier molecular flexibility index (Phi) is 4.01. The molecule has 0 aliphatic heterocycles. The molecule has 14 heavy (non-hydrogen) atoms. The standard InChI is InChI=1S/C11H9ClN2/c1-14-4-2-3-9-5-10(8-13)7-11(12)6-9/h5-7,14H,4H2,1H3. The molecule has 1 rings (SSSR count). The summed E-state index contributed by atoms with van der Waals surface area (Å²) >= 11 is 5.81. The molecule has 0 saturated carbocycles. The maximum Gasteiger partial charge on any atom is 0.0992 e. The summed E-state index contributed by atoms with van der Waals surface area (Å²) in [6.07, 6.45) is 0. The van der Waals surface area contributed by atoms with E-state index in [1.165, 1.54) is 0 Å². The van der Waals surface area contributed by atoms with Crippen LogP contribution >= 0.6 is 11.6 Å². The molecule has 0 heterocycles. The van der Waals surface area contributed by atoms with Gasteiger partial charge in [-0.05, 0) is 25.2 Å². The molecule has 1 aromatic carbocycles. The summed E-state index contributed by atoms with van der Waals surface area (Å²) in [5.41, 5.74) is 1.30. The smallest absolute Gasteiger partial charge is 0.0992 e. The first-order valence-corrected chi connectivity index (χ1v) is 4.48. The molecular weight excluding hydrogens is 196 g/mol. The zero-order valence-electron chi connectivity index (χ0n) is 7.76. The first-order chi connectivity index (χ1) is 6.76. The van der Waals surface area contributed by atoms with Crippen LogP contribution in [0.25, 0.3) is 0 Å². The van der Waals surface area contributed by atoms with Crippen LogP contribution in [0.4, 0.5) is 0 Å². The molecule has 0 atom stereocenters. The Labute approximate surface area is 88.5 Å². The van der Waals surface area contributed by atoms with Gasteiger partial charge in [-0.3, -0.25) is 0 Å². The topological polar surface area (TPSA) is 35.8 Å². The van der Waals surface area contributed by atoms with Crippen molar-refractivity contribution in [1.29, 1.82) is 5.26 Å². The summed E-state index contributed by atoms with van der Waals surface area (Å²) in [6.45, 7) is 0.619. The minimum Gasteiger partial charge on any atom is -0.309 e. The van der Waals surface area contributed by atoms with Crippen molar-refractivity contribution in [3.63, 3.8) is 0 Å². The summed E-state index contributed by atoms with van der Waals surface area (Å²) in [7, 11) is 1.83. The van der Waals surface area contributed by atoms with Gasteiger partial charge in [0.05, 0.1) is 18.2 Å². The Morgan fingerprint density at radius 2 is 2.07 bits per heavy atom. The minimum atomic E-state index is 0.534. The van der Waals surface area contributed by atoms with Crippen LogP contribution in [-0.2, 0) is 0 Å². The largest absolute Gasteiger partial charge is 0.309 e. The third kappa shape index (κ3) is 3.11. The lowest BCUT2D eigenvalue weighted by Crippen LogP contribution is -2.04. The van der Waals surface area contributed by atoms with Gasteiger partial charge >= 0.3 is 0 Å². The van der Waals surface area contributed by atoms with Crippen molar-refractivity contribution in [2.45, 2.75) is 0 Å². The fraction of sp³-hybridized carbons (Fsp3) is 0.182. The molecule has 70 valence electrons. The highest BCUT2D eigenvalue weighted by Gasteiger charge is 1.95. The zero-order chi connectivity index (χ0) is 10.4. The van der Waals surface area contributed by atoms with Gasteiger partial charge < -0.3 is 5.32 Å². The summed E-state index contributed by atoms with van der Waals surface area (Å²) in [5, 5.41) is 12.1. The number of nitriles is 1. The van der Waals surface area contributed by atoms with E-state index in [1.54, 1.807) is 18.2 Å².